The zero-order valence-electron chi connectivity index (χ0n) is 20.2. The van der Waals surface area contributed by atoms with E-state index in [0.29, 0.717) is 30.8 Å². The number of fused-ring (bicyclic) bond motifs is 2. The molecule has 0 radical (unpaired) electrons. The first-order valence-corrected chi connectivity index (χ1v) is 13.8. The number of hydrogen-bond donors (Lipinski definition) is 2. The van der Waals surface area contributed by atoms with Gasteiger partial charge in [0.2, 0.25) is 0 Å². The van der Waals surface area contributed by atoms with Gasteiger partial charge >= 0.3 is 6.36 Å². The lowest BCUT2D eigenvalue weighted by Gasteiger charge is -2.45. The Kier molecular flexibility index (Phi) is 7.21. The van der Waals surface area contributed by atoms with Crippen molar-refractivity contribution in [3.8, 4) is 17.2 Å². The van der Waals surface area contributed by atoms with Gasteiger partial charge in [-0.1, -0.05) is 35.9 Å². The summed E-state index contributed by atoms with van der Waals surface area (Å²) >= 11 is 6.23. The van der Waals surface area contributed by atoms with Crippen LogP contribution in [-0.2, 0) is 9.92 Å². The van der Waals surface area contributed by atoms with E-state index in [9.17, 15) is 22.5 Å². The summed E-state index contributed by atoms with van der Waals surface area (Å²) in [5.41, 5.74) is 1.61. The van der Waals surface area contributed by atoms with E-state index in [-0.39, 0.29) is 16.0 Å². The van der Waals surface area contributed by atoms with Gasteiger partial charge in [-0.15, -0.1) is 13.2 Å². The molecule has 1 heterocycles. The summed E-state index contributed by atoms with van der Waals surface area (Å²) in [6.07, 6.45) is -3.98. The van der Waals surface area contributed by atoms with Crippen molar-refractivity contribution in [1.82, 2.24) is 4.72 Å². The van der Waals surface area contributed by atoms with Gasteiger partial charge in [-0.2, -0.15) is 0 Å². The molecule has 2 N–H and O–H groups in total. The van der Waals surface area contributed by atoms with Crippen molar-refractivity contribution in [2.45, 2.75) is 48.7 Å². The van der Waals surface area contributed by atoms with Crippen LogP contribution in [0.3, 0.4) is 0 Å². The fraction of sp³-hybridized carbons (Fsp3) is 0.308. The van der Waals surface area contributed by atoms with Gasteiger partial charge in [0.25, 0.3) is 0 Å². The summed E-state index contributed by atoms with van der Waals surface area (Å²) in [7, 11) is -2.08. The summed E-state index contributed by atoms with van der Waals surface area (Å²) in [6.45, 7) is 0. The van der Waals surface area contributed by atoms with Crippen LogP contribution in [0.4, 0.5) is 24.5 Å². The molecule has 3 aromatic carbocycles. The highest BCUT2D eigenvalue weighted by Gasteiger charge is 2.41. The third-order valence-electron chi connectivity index (χ3n) is 6.63. The first-order valence-electron chi connectivity index (χ1n) is 11.9. The monoisotopic (exact) mass is 567 g/mol. The van der Waals surface area contributed by atoms with Crippen LogP contribution >= 0.6 is 11.6 Å². The molecule has 0 spiro atoms. The average molecular weight is 568 g/mol. The van der Waals surface area contributed by atoms with Crippen molar-refractivity contribution in [2.24, 2.45) is 4.36 Å². The second-order valence-electron chi connectivity index (χ2n) is 8.97. The predicted octanol–water partition coefficient (Wildman–Crippen LogP) is 6.43. The number of aliphatic hydroxyl groups is 1. The number of benzene rings is 3. The van der Waals surface area contributed by atoms with Gasteiger partial charge in [-0.05, 0) is 55.7 Å². The molecule has 2 aliphatic rings. The number of para-hydroxylation sites is 4. The van der Waals surface area contributed by atoms with Crippen LogP contribution in [0.1, 0.15) is 19.3 Å². The third-order valence-corrected chi connectivity index (χ3v) is 9.14. The fourth-order valence-electron chi connectivity index (χ4n) is 4.98. The predicted molar refractivity (Wildman–Crippen MR) is 139 cm³/mol. The lowest BCUT2D eigenvalue weighted by atomic mass is 9.86. The number of rotatable bonds is 5. The number of ether oxygens (including phenoxy) is 2. The molecule has 1 fully saturated rings. The first-order chi connectivity index (χ1) is 18.1. The van der Waals surface area contributed by atoms with Crippen molar-refractivity contribution >= 4 is 32.9 Å². The Morgan fingerprint density at radius 2 is 1.71 bits per heavy atom. The molecule has 4 atom stereocenters. The number of nitrogens with zero attached hydrogens (tertiary/aromatic N) is 2. The molecule has 0 amide bonds. The van der Waals surface area contributed by atoms with Crippen molar-refractivity contribution in [3.05, 3.63) is 71.8 Å². The van der Waals surface area contributed by atoms with E-state index in [1.807, 2.05) is 53.4 Å². The van der Waals surface area contributed by atoms with Crippen molar-refractivity contribution in [2.75, 3.05) is 11.9 Å². The molecule has 202 valence electrons. The zero-order chi connectivity index (χ0) is 27.1. The molecule has 3 aromatic rings. The number of alkyl halides is 3. The van der Waals surface area contributed by atoms with Gasteiger partial charge in [0.15, 0.2) is 11.5 Å². The maximum Gasteiger partial charge on any atom is 0.573 e. The molecule has 1 aliphatic carbocycles. The van der Waals surface area contributed by atoms with Crippen molar-refractivity contribution in [1.29, 1.82) is 0 Å². The van der Waals surface area contributed by atoms with Crippen LogP contribution in [-0.4, -0.2) is 40.9 Å². The van der Waals surface area contributed by atoms with Crippen LogP contribution < -0.4 is 19.1 Å². The summed E-state index contributed by atoms with van der Waals surface area (Å²) in [5.74, 6) is 0.786. The topological polar surface area (TPSA) is 83.4 Å². The van der Waals surface area contributed by atoms with E-state index in [4.69, 9.17) is 16.3 Å². The minimum absolute atomic E-state index is 0.00702. The molecule has 5 rings (SSSR count). The fourth-order valence-corrected chi connectivity index (χ4v) is 7.14. The molecule has 4 unspecified atom stereocenters. The summed E-state index contributed by atoms with van der Waals surface area (Å²) in [6, 6.07) is 17.2. The molecule has 0 bridgehead atoms. The number of hydrogen-bond acceptors (Lipinski definition) is 6. The van der Waals surface area contributed by atoms with Gasteiger partial charge in [-0.25, -0.2) is 13.3 Å². The molecule has 1 aliphatic heterocycles. The van der Waals surface area contributed by atoms with Gasteiger partial charge < -0.3 is 19.5 Å². The standard InChI is InChI=1S/C26H25ClF3N3O4S/c1-31-38(35,24-14-13-16(15-17(24)27)37-26(28,29)30)32-18-7-6-10-21(25(18)34)33-19-8-2-4-11-22(19)36-23-12-5-3-9-20(23)33/h2-5,8-9,11-15,18,21,25,34H,6-7,10H2,1H3,(H,31,32,35). The molecular formula is C26H25ClF3N3O4S. The number of aliphatic hydroxyl groups excluding tert-OH is 1. The van der Waals surface area contributed by atoms with Crippen molar-refractivity contribution in [3.63, 3.8) is 0 Å². The highest BCUT2D eigenvalue weighted by molar-refractivity contribution is 7.91. The van der Waals surface area contributed by atoms with E-state index in [1.54, 1.807) is 0 Å². The maximum atomic E-state index is 13.9. The summed E-state index contributed by atoms with van der Waals surface area (Å²) in [5, 5.41) is 11.4. The van der Waals surface area contributed by atoms with Crippen LogP contribution in [0.2, 0.25) is 5.02 Å². The zero-order valence-corrected chi connectivity index (χ0v) is 21.8. The molecule has 0 saturated heterocycles. The van der Waals surface area contributed by atoms with Crippen molar-refractivity contribution < 1.29 is 32.0 Å². The van der Waals surface area contributed by atoms with E-state index < -0.39 is 34.2 Å². The summed E-state index contributed by atoms with van der Waals surface area (Å²) < 4.78 is 68.7. The van der Waals surface area contributed by atoms with E-state index >= 15 is 0 Å². The Balaban J connectivity index is 1.44. The van der Waals surface area contributed by atoms with Crippen LogP contribution in [0.15, 0.2) is 76.0 Å². The number of halogens is 4. The van der Waals surface area contributed by atoms with Gasteiger partial charge in [0, 0.05) is 19.2 Å². The summed E-state index contributed by atoms with van der Waals surface area (Å²) in [4.78, 5) is 2.06. The largest absolute Gasteiger partial charge is 0.573 e. The lowest BCUT2D eigenvalue weighted by Crippen LogP contribution is -2.56. The Morgan fingerprint density at radius 3 is 2.29 bits per heavy atom. The smallest absolute Gasteiger partial charge is 0.453 e. The molecule has 12 heteroatoms. The molecule has 0 aromatic heterocycles. The SMILES string of the molecule is CN=S(=O)(NC1CCCC(N2c3ccccc3Oc3ccccc32)C1O)c1ccc(OC(F)(F)F)cc1Cl. The van der Waals surface area contributed by atoms with E-state index in [0.717, 1.165) is 23.5 Å². The second kappa shape index (κ2) is 10.3. The van der Waals surface area contributed by atoms with Gasteiger partial charge in [0.05, 0.1) is 33.4 Å². The van der Waals surface area contributed by atoms with E-state index in [1.165, 1.54) is 13.1 Å². The minimum atomic E-state index is -4.89. The van der Waals surface area contributed by atoms with E-state index in [2.05, 4.69) is 13.8 Å². The highest BCUT2D eigenvalue weighted by Crippen LogP contribution is 2.49. The minimum Gasteiger partial charge on any atom is -0.453 e. The Morgan fingerprint density at radius 1 is 1.08 bits per heavy atom. The quantitative estimate of drug-likeness (QED) is 0.371. The number of nitrogens with one attached hydrogen (secondary N) is 1. The molecule has 7 nitrogen and oxygen atoms in total. The number of anilines is 2. The molecule has 38 heavy (non-hydrogen) atoms. The van der Waals surface area contributed by atoms with Gasteiger partial charge in [0.1, 0.15) is 15.7 Å². The Bertz CT molecular complexity index is 1420. The highest BCUT2D eigenvalue weighted by atomic mass is 35.5. The van der Waals surface area contributed by atoms with Crippen LogP contribution in [0.25, 0.3) is 0 Å². The van der Waals surface area contributed by atoms with Crippen LogP contribution in [0.5, 0.6) is 17.2 Å². The normalized spacial score (nSPS) is 22.5. The third kappa shape index (κ3) is 5.15. The van der Waals surface area contributed by atoms with Gasteiger partial charge in [-0.3, -0.25) is 0 Å². The molecule has 1 saturated carbocycles. The average Bonchev–Trinajstić information content (AvgIpc) is 2.88. The first kappa shape index (κ1) is 26.6. The Labute approximate surface area is 223 Å². The second-order valence-corrected chi connectivity index (χ2v) is 11.5. The Hall–Kier alpha value is -2.99. The molecular weight excluding hydrogens is 543 g/mol. The lowest BCUT2D eigenvalue weighted by molar-refractivity contribution is -0.274. The van der Waals surface area contributed by atoms with Crippen LogP contribution in [0, 0.1) is 0 Å². The maximum absolute atomic E-state index is 13.9.